The minimum Gasteiger partial charge on any atom is -0.354 e. The lowest BCUT2D eigenvalue weighted by Gasteiger charge is -2.25. The zero-order valence-corrected chi connectivity index (χ0v) is 11.6. The van der Waals surface area contributed by atoms with Gasteiger partial charge in [-0.1, -0.05) is 39.5 Å². The summed E-state index contributed by atoms with van der Waals surface area (Å²) in [7, 11) is 1.87. The summed E-state index contributed by atoms with van der Waals surface area (Å²) >= 11 is 0. The van der Waals surface area contributed by atoms with Crippen molar-refractivity contribution in [1.29, 1.82) is 0 Å². The van der Waals surface area contributed by atoms with Gasteiger partial charge in [-0.05, 0) is 31.7 Å². The molecule has 1 saturated carbocycles. The van der Waals surface area contributed by atoms with Gasteiger partial charge in [-0.15, -0.1) is 0 Å². The van der Waals surface area contributed by atoms with Crippen LogP contribution in [0.1, 0.15) is 52.4 Å². The number of carbonyl (C=O) groups is 1. The number of carbonyl (C=O) groups excluding carboxylic acids is 1. The molecular formula is C14H28N2O. The molecule has 3 heteroatoms. The van der Waals surface area contributed by atoms with Crippen LogP contribution in [0.4, 0.5) is 0 Å². The molecular weight excluding hydrogens is 212 g/mol. The molecule has 17 heavy (non-hydrogen) atoms. The summed E-state index contributed by atoms with van der Waals surface area (Å²) < 4.78 is 0. The number of likely N-dealkylation sites (N-methyl/N-ethyl adjacent to an activating group) is 1. The first-order valence-electron chi connectivity index (χ1n) is 7.14. The van der Waals surface area contributed by atoms with Gasteiger partial charge in [-0.2, -0.15) is 0 Å². The third kappa shape index (κ3) is 4.66. The first-order valence-corrected chi connectivity index (χ1v) is 7.14. The van der Waals surface area contributed by atoms with E-state index in [-0.39, 0.29) is 11.9 Å². The van der Waals surface area contributed by atoms with E-state index >= 15 is 0 Å². The van der Waals surface area contributed by atoms with E-state index in [1.54, 1.807) is 0 Å². The van der Waals surface area contributed by atoms with Crippen LogP contribution in [0.25, 0.3) is 0 Å². The maximum absolute atomic E-state index is 12.0. The lowest BCUT2D eigenvalue weighted by atomic mass is 9.89. The van der Waals surface area contributed by atoms with E-state index < -0.39 is 0 Å². The number of hydrogen-bond acceptors (Lipinski definition) is 2. The molecule has 2 N–H and O–H groups in total. The fourth-order valence-corrected chi connectivity index (χ4v) is 2.66. The van der Waals surface area contributed by atoms with Gasteiger partial charge in [0.15, 0.2) is 0 Å². The first kappa shape index (κ1) is 14.5. The molecule has 0 aliphatic heterocycles. The van der Waals surface area contributed by atoms with Crippen LogP contribution in [0.3, 0.4) is 0 Å². The Balaban J connectivity index is 2.31. The molecule has 3 nitrogen and oxygen atoms in total. The Morgan fingerprint density at radius 1 is 1.29 bits per heavy atom. The predicted octanol–water partition coefficient (Wildman–Crippen LogP) is 2.32. The van der Waals surface area contributed by atoms with Crippen molar-refractivity contribution in [3.05, 3.63) is 0 Å². The molecule has 2 atom stereocenters. The molecule has 100 valence electrons. The van der Waals surface area contributed by atoms with Gasteiger partial charge >= 0.3 is 0 Å². The highest BCUT2D eigenvalue weighted by Gasteiger charge is 2.23. The lowest BCUT2D eigenvalue weighted by molar-refractivity contribution is -0.124. The molecule has 0 heterocycles. The van der Waals surface area contributed by atoms with Gasteiger partial charge in [0, 0.05) is 6.54 Å². The lowest BCUT2D eigenvalue weighted by Crippen LogP contribution is -2.47. The van der Waals surface area contributed by atoms with E-state index in [4.69, 9.17) is 0 Å². The largest absolute Gasteiger partial charge is 0.354 e. The second kappa shape index (κ2) is 7.70. The third-order valence-corrected chi connectivity index (χ3v) is 4.10. The molecule has 0 aromatic rings. The Morgan fingerprint density at radius 3 is 2.47 bits per heavy atom. The van der Waals surface area contributed by atoms with Crippen molar-refractivity contribution < 1.29 is 4.79 Å². The Morgan fingerprint density at radius 2 is 1.94 bits per heavy atom. The van der Waals surface area contributed by atoms with Gasteiger partial charge in [0.25, 0.3) is 0 Å². The number of nitrogens with one attached hydrogen (secondary N) is 2. The van der Waals surface area contributed by atoms with Gasteiger partial charge < -0.3 is 10.6 Å². The second-order valence-corrected chi connectivity index (χ2v) is 5.40. The summed E-state index contributed by atoms with van der Waals surface area (Å²) in [5.74, 6) is 1.28. The normalized spacial score (nSPS) is 20.9. The van der Waals surface area contributed by atoms with Crippen LogP contribution in [0.15, 0.2) is 0 Å². The Hall–Kier alpha value is -0.570. The van der Waals surface area contributed by atoms with E-state index in [2.05, 4.69) is 24.5 Å². The minimum absolute atomic E-state index is 0.0383. The van der Waals surface area contributed by atoms with Crippen LogP contribution >= 0.6 is 0 Å². The molecule has 0 aromatic carbocycles. The molecule has 0 aromatic heterocycles. The highest BCUT2D eigenvalue weighted by Crippen LogP contribution is 2.22. The molecule has 0 unspecified atom stereocenters. The molecule has 0 radical (unpaired) electrons. The van der Waals surface area contributed by atoms with Gasteiger partial charge in [0.1, 0.15) is 0 Å². The van der Waals surface area contributed by atoms with E-state index in [0.29, 0.717) is 11.8 Å². The predicted molar refractivity (Wildman–Crippen MR) is 71.9 cm³/mol. The van der Waals surface area contributed by atoms with Crippen molar-refractivity contribution in [2.45, 2.75) is 58.4 Å². The monoisotopic (exact) mass is 240 g/mol. The highest BCUT2D eigenvalue weighted by molar-refractivity contribution is 5.81. The zero-order chi connectivity index (χ0) is 12.7. The van der Waals surface area contributed by atoms with Crippen LogP contribution in [0, 0.1) is 11.8 Å². The second-order valence-electron chi connectivity index (χ2n) is 5.40. The van der Waals surface area contributed by atoms with Crippen LogP contribution in [0.2, 0.25) is 0 Å². The van der Waals surface area contributed by atoms with Crippen molar-refractivity contribution in [1.82, 2.24) is 10.6 Å². The Kier molecular flexibility index (Phi) is 6.56. The number of hydrogen-bond donors (Lipinski definition) is 2. The van der Waals surface area contributed by atoms with Gasteiger partial charge in [0.2, 0.25) is 5.91 Å². The molecule has 1 fully saturated rings. The average molecular weight is 240 g/mol. The maximum Gasteiger partial charge on any atom is 0.237 e. The maximum atomic E-state index is 12.0. The van der Waals surface area contributed by atoms with Gasteiger partial charge in [-0.25, -0.2) is 0 Å². The third-order valence-electron chi connectivity index (χ3n) is 4.10. The van der Waals surface area contributed by atoms with Gasteiger partial charge in [0.05, 0.1) is 6.04 Å². The van der Waals surface area contributed by atoms with Crippen LogP contribution in [-0.2, 0) is 4.79 Å². The van der Waals surface area contributed by atoms with Crippen molar-refractivity contribution >= 4 is 5.91 Å². The van der Waals surface area contributed by atoms with E-state index in [1.165, 1.54) is 32.1 Å². The number of rotatable bonds is 6. The van der Waals surface area contributed by atoms with E-state index in [1.807, 2.05) is 7.05 Å². The summed E-state index contributed by atoms with van der Waals surface area (Å²) in [5.41, 5.74) is 0. The summed E-state index contributed by atoms with van der Waals surface area (Å²) in [4.78, 5) is 12.0. The minimum atomic E-state index is -0.0383. The van der Waals surface area contributed by atoms with Crippen molar-refractivity contribution in [3.63, 3.8) is 0 Å². The van der Waals surface area contributed by atoms with Crippen LogP contribution in [-0.4, -0.2) is 25.5 Å². The summed E-state index contributed by atoms with van der Waals surface area (Å²) in [6, 6.07) is -0.0383. The number of amides is 1. The molecule has 0 bridgehead atoms. The molecule has 1 amide bonds. The summed E-state index contributed by atoms with van der Waals surface area (Å²) in [6.45, 7) is 5.12. The zero-order valence-electron chi connectivity index (χ0n) is 11.6. The van der Waals surface area contributed by atoms with Crippen molar-refractivity contribution in [2.75, 3.05) is 13.6 Å². The molecule has 1 aliphatic rings. The van der Waals surface area contributed by atoms with E-state index in [9.17, 15) is 4.79 Å². The summed E-state index contributed by atoms with van der Waals surface area (Å²) in [5, 5.41) is 6.25. The van der Waals surface area contributed by atoms with Crippen molar-refractivity contribution in [2.24, 2.45) is 11.8 Å². The van der Waals surface area contributed by atoms with Crippen molar-refractivity contribution in [3.8, 4) is 0 Å². The standard InChI is InChI=1S/C14H28N2O/c1-4-11(2)13(15-3)14(17)16-10-12-8-6-5-7-9-12/h11-13,15H,4-10H2,1-3H3,(H,16,17)/t11-,13-/m1/s1. The Bertz CT molecular complexity index is 224. The topological polar surface area (TPSA) is 41.1 Å². The Labute approximate surface area is 106 Å². The van der Waals surface area contributed by atoms with E-state index in [0.717, 1.165) is 13.0 Å². The SMILES string of the molecule is CC[C@@H](C)[C@@H](NC)C(=O)NCC1CCCCC1. The van der Waals surface area contributed by atoms with Crippen LogP contribution < -0.4 is 10.6 Å². The smallest absolute Gasteiger partial charge is 0.237 e. The van der Waals surface area contributed by atoms with Crippen LogP contribution in [0.5, 0.6) is 0 Å². The molecule has 0 saturated heterocycles. The first-order chi connectivity index (χ1) is 8.19. The summed E-state index contributed by atoms with van der Waals surface area (Å²) in [6.07, 6.45) is 7.64. The fraction of sp³-hybridized carbons (Fsp3) is 0.929. The highest BCUT2D eigenvalue weighted by atomic mass is 16.2. The average Bonchev–Trinajstić information content (AvgIpc) is 2.38. The molecule has 1 rings (SSSR count). The fourth-order valence-electron chi connectivity index (χ4n) is 2.66. The van der Waals surface area contributed by atoms with Gasteiger partial charge in [-0.3, -0.25) is 4.79 Å². The molecule has 1 aliphatic carbocycles. The quantitative estimate of drug-likeness (QED) is 0.748. The molecule has 0 spiro atoms.